The van der Waals surface area contributed by atoms with Gasteiger partial charge in [-0.05, 0) is 25.1 Å². The third kappa shape index (κ3) is 4.08. The van der Waals surface area contributed by atoms with Gasteiger partial charge in [0, 0.05) is 30.5 Å². The number of rotatable bonds is 4. The zero-order valence-electron chi connectivity index (χ0n) is 11.3. The summed E-state index contributed by atoms with van der Waals surface area (Å²) in [5.74, 6) is -0.534. The van der Waals surface area contributed by atoms with E-state index in [0.717, 1.165) is 12.1 Å². The Morgan fingerprint density at radius 2 is 2.19 bits per heavy atom. The van der Waals surface area contributed by atoms with Crippen LogP contribution in [0.15, 0.2) is 43.0 Å². The molecule has 1 unspecified atom stereocenters. The Balaban J connectivity index is 2.03. The molecule has 0 bridgehead atoms. The summed E-state index contributed by atoms with van der Waals surface area (Å²) in [7, 11) is 0. The number of alkyl halides is 3. The first-order valence-electron chi connectivity index (χ1n) is 6.30. The number of imidazole rings is 1. The van der Waals surface area contributed by atoms with Gasteiger partial charge in [0.1, 0.15) is 0 Å². The molecule has 0 saturated carbocycles. The first-order chi connectivity index (χ1) is 9.86. The summed E-state index contributed by atoms with van der Waals surface area (Å²) < 4.78 is 39.6. The van der Waals surface area contributed by atoms with Crippen LogP contribution in [-0.2, 0) is 12.7 Å². The first kappa shape index (κ1) is 15.1. The average molecular weight is 297 g/mol. The van der Waals surface area contributed by atoms with Crippen LogP contribution in [0.2, 0.25) is 0 Å². The van der Waals surface area contributed by atoms with Gasteiger partial charge in [0.2, 0.25) is 0 Å². The maximum atomic E-state index is 12.6. The van der Waals surface area contributed by atoms with E-state index >= 15 is 0 Å². The molecule has 2 rings (SSSR count). The molecule has 1 atom stereocenters. The van der Waals surface area contributed by atoms with Gasteiger partial charge in [-0.3, -0.25) is 4.79 Å². The van der Waals surface area contributed by atoms with E-state index in [9.17, 15) is 18.0 Å². The summed E-state index contributed by atoms with van der Waals surface area (Å²) in [6, 6.07) is 4.12. The maximum absolute atomic E-state index is 12.6. The molecule has 21 heavy (non-hydrogen) atoms. The van der Waals surface area contributed by atoms with Crippen LogP contribution in [0.25, 0.3) is 0 Å². The molecule has 1 aromatic heterocycles. The van der Waals surface area contributed by atoms with Crippen molar-refractivity contribution in [3.63, 3.8) is 0 Å². The minimum absolute atomic E-state index is 0.0118. The molecule has 0 spiro atoms. The number of amides is 1. The van der Waals surface area contributed by atoms with Crippen LogP contribution < -0.4 is 5.32 Å². The van der Waals surface area contributed by atoms with Gasteiger partial charge in [0.15, 0.2) is 0 Å². The summed E-state index contributed by atoms with van der Waals surface area (Å²) in [4.78, 5) is 15.8. The summed E-state index contributed by atoms with van der Waals surface area (Å²) in [5, 5.41) is 2.66. The van der Waals surface area contributed by atoms with Crippen molar-refractivity contribution in [3.05, 3.63) is 54.1 Å². The quantitative estimate of drug-likeness (QED) is 0.943. The summed E-state index contributed by atoms with van der Waals surface area (Å²) in [6.07, 6.45) is 0.500. The van der Waals surface area contributed by atoms with E-state index in [2.05, 4.69) is 10.3 Å². The molecule has 0 saturated heterocycles. The predicted molar refractivity (Wildman–Crippen MR) is 70.6 cm³/mol. The molecule has 1 aromatic carbocycles. The SMILES string of the molecule is CC(Cn1ccnc1)NC(=O)c1cccc(C(F)(F)F)c1. The normalized spacial score (nSPS) is 13.0. The van der Waals surface area contributed by atoms with Crippen molar-refractivity contribution in [2.45, 2.75) is 25.7 Å². The molecule has 2 aromatic rings. The van der Waals surface area contributed by atoms with Gasteiger partial charge < -0.3 is 9.88 Å². The lowest BCUT2D eigenvalue weighted by Crippen LogP contribution is -2.35. The molecule has 0 fully saturated rings. The molecule has 7 heteroatoms. The van der Waals surface area contributed by atoms with Crippen molar-refractivity contribution < 1.29 is 18.0 Å². The molecular weight excluding hydrogens is 283 g/mol. The van der Waals surface area contributed by atoms with Gasteiger partial charge in [-0.15, -0.1) is 0 Å². The molecule has 4 nitrogen and oxygen atoms in total. The van der Waals surface area contributed by atoms with E-state index in [1.54, 1.807) is 30.2 Å². The third-order valence-electron chi connectivity index (χ3n) is 2.87. The molecule has 1 amide bonds. The van der Waals surface area contributed by atoms with Gasteiger partial charge in [0.05, 0.1) is 11.9 Å². The minimum Gasteiger partial charge on any atom is -0.348 e. The Morgan fingerprint density at radius 1 is 1.43 bits per heavy atom. The molecule has 112 valence electrons. The molecule has 0 aliphatic rings. The topological polar surface area (TPSA) is 46.9 Å². The van der Waals surface area contributed by atoms with E-state index in [4.69, 9.17) is 0 Å². The first-order valence-corrected chi connectivity index (χ1v) is 6.30. The Labute approximate surface area is 119 Å². The molecule has 0 radical (unpaired) electrons. The Kier molecular flexibility index (Phi) is 4.30. The lowest BCUT2D eigenvalue weighted by atomic mass is 10.1. The number of carbonyl (C=O) groups is 1. The zero-order valence-corrected chi connectivity index (χ0v) is 11.3. The van der Waals surface area contributed by atoms with Crippen LogP contribution in [0.1, 0.15) is 22.8 Å². The van der Waals surface area contributed by atoms with Crippen molar-refractivity contribution in [1.82, 2.24) is 14.9 Å². The lowest BCUT2D eigenvalue weighted by Gasteiger charge is -2.15. The van der Waals surface area contributed by atoms with Crippen molar-refractivity contribution in [1.29, 1.82) is 0 Å². The number of nitrogens with one attached hydrogen (secondary N) is 1. The zero-order chi connectivity index (χ0) is 15.5. The molecule has 0 aliphatic heterocycles. The van der Waals surface area contributed by atoms with E-state index < -0.39 is 17.6 Å². The summed E-state index contributed by atoms with van der Waals surface area (Å²) in [6.45, 7) is 2.26. The number of aromatic nitrogens is 2. The van der Waals surface area contributed by atoms with Gasteiger partial charge in [-0.1, -0.05) is 6.07 Å². The lowest BCUT2D eigenvalue weighted by molar-refractivity contribution is -0.137. The average Bonchev–Trinajstić information content (AvgIpc) is 2.90. The molecule has 0 aliphatic carbocycles. The second kappa shape index (κ2) is 5.99. The monoisotopic (exact) mass is 297 g/mol. The fourth-order valence-electron chi connectivity index (χ4n) is 1.90. The van der Waals surface area contributed by atoms with Crippen molar-refractivity contribution in [2.75, 3.05) is 0 Å². The minimum atomic E-state index is -4.46. The highest BCUT2D eigenvalue weighted by atomic mass is 19.4. The standard InChI is InChI=1S/C14H14F3N3O/c1-10(8-20-6-5-18-9-20)19-13(21)11-3-2-4-12(7-11)14(15,16)17/h2-7,9-10H,8H2,1H3,(H,19,21). The van der Waals surface area contributed by atoms with Crippen LogP contribution in [-0.4, -0.2) is 21.5 Å². The highest BCUT2D eigenvalue weighted by molar-refractivity contribution is 5.94. The van der Waals surface area contributed by atoms with E-state index in [1.165, 1.54) is 12.1 Å². The van der Waals surface area contributed by atoms with Crippen molar-refractivity contribution >= 4 is 5.91 Å². The smallest absolute Gasteiger partial charge is 0.348 e. The predicted octanol–water partition coefficient (Wildman–Crippen LogP) is 2.72. The number of nitrogens with zero attached hydrogens (tertiary/aromatic N) is 2. The highest BCUT2D eigenvalue weighted by Crippen LogP contribution is 2.29. The van der Waals surface area contributed by atoms with E-state index in [-0.39, 0.29) is 11.6 Å². The third-order valence-corrected chi connectivity index (χ3v) is 2.87. The van der Waals surface area contributed by atoms with Crippen LogP contribution >= 0.6 is 0 Å². The van der Waals surface area contributed by atoms with Crippen LogP contribution in [0.5, 0.6) is 0 Å². The molecular formula is C14H14F3N3O. The largest absolute Gasteiger partial charge is 0.416 e. The highest BCUT2D eigenvalue weighted by Gasteiger charge is 2.30. The molecule has 1 N–H and O–H groups in total. The number of hydrogen-bond acceptors (Lipinski definition) is 2. The van der Waals surface area contributed by atoms with Gasteiger partial charge in [-0.25, -0.2) is 4.98 Å². The number of halogens is 3. The van der Waals surface area contributed by atoms with Gasteiger partial charge in [0.25, 0.3) is 5.91 Å². The van der Waals surface area contributed by atoms with Crippen LogP contribution in [0.3, 0.4) is 0 Å². The number of hydrogen-bond donors (Lipinski definition) is 1. The second-order valence-electron chi connectivity index (χ2n) is 4.71. The summed E-state index contributed by atoms with van der Waals surface area (Å²) >= 11 is 0. The molecule has 1 heterocycles. The second-order valence-corrected chi connectivity index (χ2v) is 4.71. The van der Waals surface area contributed by atoms with Crippen LogP contribution in [0, 0.1) is 0 Å². The Morgan fingerprint density at radius 3 is 2.81 bits per heavy atom. The fraction of sp³-hybridized carbons (Fsp3) is 0.286. The fourth-order valence-corrected chi connectivity index (χ4v) is 1.90. The van der Waals surface area contributed by atoms with E-state index in [0.29, 0.717) is 6.54 Å². The van der Waals surface area contributed by atoms with E-state index in [1.807, 2.05) is 0 Å². The summed E-state index contributed by atoms with van der Waals surface area (Å²) in [5.41, 5.74) is -0.847. The number of carbonyl (C=O) groups excluding carboxylic acids is 1. The van der Waals surface area contributed by atoms with Crippen molar-refractivity contribution in [3.8, 4) is 0 Å². The van der Waals surface area contributed by atoms with Gasteiger partial charge in [-0.2, -0.15) is 13.2 Å². The maximum Gasteiger partial charge on any atom is 0.416 e. The number of benzene rings is 1. The van der Waals surface area contributed by atoms with Crippen molar-refractivity contribution in [2.24, 2.45) is 0 Å². The van der Waals surface area contributed by atoms with Crippen LogP contribution in [0.4, 0.5) is 13.2 Å². The van der Waals surface area contributed by atoms with Gasteiger partial charge >= 0.3 is 6.18 Å². The Bertz CT molecular complexity index is 608. The Hall–Kier alpha value is -2.31.